The lowest BCUT2D eigenvalue weighted by Crippen LogP contribution is -2.45. The van der Waals surface area contributed by atoms with E-state index in [1.165, 1.54) is 7.05 Å². The van der Waals surface area contributed by atoms with E-state index in [1.807, 2.05) is 24.9 Å². The van der Waals surface area contributed by atoms with Crippen molar-refractivity contribution in [2.45, 2.75) is 70.7 Å². The smallest absolute Gasteiger partial charge is 0.407 e. The predicted octanol–water partition coefficient (Wildman–Crippen LogP) is 6.13. The fourth-order valence-corrected chi connectivity index (χ4v) is 7.33. The predicted molar refractivity (Wildman–Crippen MR) is 204 cm³/mol. The molecule has 0 radical (unpaired) electrons. The van der Waals surface area contributed by atoms with Gasteiger partial charge < -0.3 is 35.1 Å². The van der Waals surface area contributed by atoms with Gasteiger partial charge in [-0.05, 0) is 66.8 Å². The van der Waals surface area contributed by atoms with Crippen LogP contribution >= 0.6 is 0 Å². The Hall–Kier alpha value is -6.05. The number of likely N-dealkylation sites (tertiary alicyclic amines) is 2. The van der Waals surface area contributed by atoms with Crippen LogP contribution in [0.15, 0.2) is 79.4 Å². The average molecular weight is 731 g/mol. The summed E-state index contributed by atoms with van der Waals surface area (Å²) in [4.78, 5) is 67.0. The number of aromatic amines is 2. The van der Waals surface area contributed by atoms with Crippen molar-refractivity contribution in [1.82, 2.24) is 45.0 Å². The normalized spacial score (nSPS) is 18.1. The summed E-state index contributed by atoms with van der Waals surface area (Å²) in [5.74, 6) is 1.77. The van der Waals surface area contributed by atoms with Crippen molar-refractivity contribution in [3.05, 3.63) is 91.0 Å². The standard InChI is InChI=1S/C40H46N10O4/c1-24(2)34(48-39-42-18-7-19-43-39)38(52)50-21-6-9-33(50)36-45-23-31(47-36)29-16-12-27(13-17-29)26-10-14-28(15-11-26)30-22-44-35(46-30)32-8-5-20-49(32)37(51)25(3)54-40(53)41-4/h7,10-19,22-25,32-34H,5-6,8-9,20-21H2,1-4H3,(H,41,53)(H,44,46)(H,45,47)(H,42,43,48)/t25-,32-,33-,34+/m0/s1. The number of rotatable bonds is 11. The van der Waals surface area contributed by atoms with E-state index in [2.05, 4.69) is 84.1 Å². The van der Waals surface area contributed by atoms with Crippen molar-refractivity contribution in [3.63, 3.8) is 0 Å². The molecule has 14 nitrogen and oxygen atoms in total. The highest BCUT2D eigenvalue weighted by Gasteiger charge is 2.37. The molecule has 54 heavy (non-hydrogen) atoms. The zero-order valence-electron chi connectivity index (χ0n) is 31.0. The van der Waals surface area contributed by atoms with Gasteiger partial charge in [-0.3, -0.25) is 9.59 Å². The Morgan fingerprint density at radius 2 is 1.20 bits per heavy atom. The minimum atomic E-state index is -0.888. The number of carbonyl (C=O) groups excluding carboxylic acids is 3. The third kappa shape index (κ3) is 7.68. The van der Waals surface area contributed by atoms with Crippen LogP contribution in [0, 0.1) is 5.92 Å². The van der Waals surface area contributed by atoms with E-state index in [1.54, 1.807) is 36.5 Å². The monoisotopic (exact) mass is 730 g/mol. The maximum atomic E-state index is 13.8. The number of alkyl carbamates (subject to hydrolysis) is 1. The van der Waals surface area contributed by atoms with E-state index in [4.69, 9.17) is 9.72 Å². The van der Waals surface area contributed by atoms with Crippen LogP contribution in [-0.4, -0.2) is 89.9 Å². The molecule has 5 aromatic rings. The molecule has 2 saturated heterocycles. The van der Waals surface area contributed by atoms with E-state index in [9.17, 15) is 14.4 Å². The fraction of sp³-hybridized carbons (Fsp3) is 0.375. The van der Waals surface area contributed by atoms with Gasteiger partial charge in [-0.1, -0.05) is 62.4 Å². The van der Waals surface area contributed by atoms with Gasteiger partial charge in [-0.15, -0.1) is 0 Å². The van der Waals surface area contributed by atoms with Crippen molar-refractivity contribution in [3.8, 4) is 33.6 Å². The highest BCUT2D eigenvalue weighted by atomic mass is 16.6. The first-order valence-electron chi connectivity index (χ1n) is 18.5. The maximum Gasteiger partial charge on any atom is 0.407 e. The van der Waals surface area contributed by atoms with Crippen molar-refractivity contribution in [2.75, 3.05) is 25.5 Å². The van der Waals surface area contributed by atoms with Crippen LogP contribution in [0.2, 0.25) is 0 Å². The minimum Gasteiger partial charge on any atom is -0.436 e. The summed E-state index contributed by atoms with van der Waals surface area (Å²) >= 11 is 0. The molecule has 2 fully saturated rings. The van der Waals surface area contributed by atoms with Crippen molar-refractivity contribution < 1.29 is 19.1 Å². The molecule has 14 heteroatoms. The van der Waals surface area contributed by atoms with Gasteiger partial charge in [-0.2, -0.15) is 0 Å². The molecule has 5 heterocycles. The number of hydrogen-bond donors (Lipinski definition) is 4. The van der Waals surface area contributed by atoms with Crippen LogP contribution in [0.5, 0.6) is 0 Å². The third-order valence-corrected chi connectivity index (χ3v) is 10.2. The molecule has 0 aliphatic carbocycles. The molecule has 4 atom stereocenters. The summed E-state index contributed by atoms with van der Waals surface area (Å²) in [7, 11) is 1.46. The lowest BCUT2D eigenvalue weighted by Gasteiger charge is -2.30. The first kappa shape index (κ1) is 36.3. The first-order chi connectivity index (χ1) is 26.2. The number of imidazole rings is 2. The number of amides is 3. The van der Waals surface area contributed by atoms with E-state index in [-0.39, 0.29) is 29.8 Å². The number of hydrogen-bond acceptors (Lipinski definition) is 9. The topological polar surface area (TPSA) is 174 Å². The Morgan fingerprint density at radius 3 is 1.69 bits per heavy atom. The zero-order chi connectivity index (χ0) is 37.8. The summed E-state index contributed by atoms with van der Waals surface area (Å²) in [5, 5.41) is 5.62. The molecular weight excluding hydrogens is 685 g/mol. The molecule has 2 aromatic carbocycles. The maximum absolute atomic E-state index is 13.8. The van der Waals surface area contributed by atoms with Gasteiger partial charge in [0.2, 0.25) is 11.9 Å². The van der Waals surface area contributed by atoms with Crippen molar-refractivity contribution in [1.29, 1.82) is 0 Å². The lowest BCUT2D eigenvalue weighted by atomic mass is 10.0. The summed E-state index contributed by atoms with van der Waals surface area (Å²) in [6, 6.07) is 17.6. The Balaban J connectivity index is 0.993. The van der Waals surface area contributed by atoms with Gasteiger partial charge in [0.15, 0.2) is 6.10 Å². The minimum absolute atomic E-state index is 0.0225. The number of nitrogens with zero attached hydrogens (tertiary/aromatic N) is 6. The number of anilines is 1. The molecule has 0 unspecified atom stereocenters. The average Bonchev–Trinajstić information content (AvgIpc) is 4.03. The molecule has 0 spiro atoms. The Kier molecular flexibility index (Phi) is 10.7. The first-order valence-corrected chi connectivity index (χ1v) is 18.5. The van der Waals surface area contributed by atoms with Gasteiger partial charge in [0, 0.05) is 32.5 Å². The second kappa shape index (κ2) is 15.9. The lowest BCUT2D eigenvalue weighted by molar-refractivity contribution is -0.140. The summed E-state index contributed by atoms with van der Waals surface area (Å²) < 4.78 is 5.17. The van der Waals surface area contributed by atoms with Crippen LogP contribution < -0.4 is 10.6 Å². The molecule has 7 rings (SSSR count). The number of H-pyrrole nitrogens is 2. The molecule has 0 bridgehead atoms. The van der Waals surface area contributed by atoms with Crippen LogP contribution in [0.25, 0.3) is 33.6 Å². The van der Waals surface area contributed by atoms with E-state index in [0.29, 0.717) is 24.9 Å². The Bertz CT molecular complexity index is 2060. The third-order valence-electron chi connectivity index (χ3n) is 10.2. The molecule has 3 amide bonds. The fourth-order valence-electron chi connectivity index (χ4n) is 7.33. The van der Waals surface area contributed by atoms with Gasteiger partial charge >= 0.3 is 6.09 Å². The summed E-state index contributed by atoms with van der Waals surface area (Å²) in [6.45, 7) is 6.89. The van der Waals surface area contributed by atoms with Crippen LogP contribution in [-0.2, 0) is 14.3 Å². The van der Waals surface area contributed by atoms with Gasteiger partial charge in [0.1, 0.15) is 17.7 Å². The number of ether oxygens (including phenoxy) is 1. The van der Waals surface area contributed by atoms with Crippen molar-refractivity contribution >= 4 is 23.9 Å². The molecule has 4 N–H and O–H groups in total. The van der Waals surface area contributed by atoms with Gasteiger partial charge in [0.25, 0.3) is 5.91 Å². The highest BCUT2D eigenvalue weighted by Crippen LogP contribution is 2.35. The number of nitrogens with one attached hydrogen (secondary N) is 4. The molecule has 2 aliphatic heterocycles. The Morgan fingerprint density at radius 1 is 0.722 bits per heavy atom. The number of benzene rings is 2. The van der Waals surface area contributed by atoms with Crippen LogP contribution in [0.4, 0.5) is 10.7 Å². The van der Waals surface area contributed by atoms with E-state index in [0.717, 1.165) is 65.1 Å². The summed E-state index contributed by atoms with van der Waals surface area (Å²) in [6.07, 6.45) is 8.81. The highest BCUT2D eigenvalue weighted by molar-refractivity contribution is 5.85. The van der Waals surface area contributed by atoms with Gasteiger partial charge in [-0.25, -0.2) is 24.7 Å². The van der Waals surface area contributed by atoms with E-state index >= 15 is 0 Å². The number of aromatic nitrogens is 6. The molecule has 3 aromatic heterocycles. The van der Waals surface area contributed by atoms with Crippen LogP contribution in [0.3, 0.4) is 0 Å². The van der Waals surface area contributed by atoms with Crippen molar-refractivity contribution in [2.24, 2.45) is 5.92 Å². The molecule has 2 aliphatic rings. The quantitative estimate of drug-likeness (QED) is 0.125. The second-order valence-electron chi connectivity index (χ2n) is 14.1. The summed E-state index contributed by atoms with van der Waals surface area (Å²) in [5.41, 5.74) is 5.89. The van der Waals surface area contributed by atoms with E-state index < -0.39 is 18.2 Å². The SMILES string of the molecule is CNC(=O)O[C@@H](C)C(=O)N1CCC[C@H]1c1ncc(-c2ccc(-c3ccc(-c4cnc([C@@H]5CCCN5C(=O)[C@H](Nc5ncccn5)C(C)C)[nH]4)cc3)cc2)[nH]1. The molecular formula is C40H46N10O4. The van der Waals surface area contributed by atoms with Crippen LogP contribution in [0.1, 0.15) is 70.2 Å². The molecule has 0 saturated carbocycles. The largest absolute Gasteiger partial charge is 0.436 e. The zero-order valence-corrected chi connectivity index (χ0v) is 31.0. The molecule has 280 valence electrons. The van der Waals surface area contributed by atoms with Gasteiger partial charge in [0.05, 0.1) is 35.9 Å². The number of carbonyl (C=O) groups is 3. The second-order valence-corrected chi connectivity index (χ2v) is 14.1. The Labute approximate surface area is 314 Å².